The number of aliphatic hydroxyl groups is 1. The summed E-state index contributed by atoms with van der Waals surface area (Å²) in [7, 11) is 0. The van der Waals surface area contributed by atoms with Gasteiger partial charge in [-0.3, -0.25) is 14.8 Å². The van der Waals surface area contributed by atoms with Crippen LogP contribution in [0.3, 0.4) is 0 Å². The molecule has 2 N–H and O–H groups in total. The van der Waals surface area contributed by atoms with Gasteiger partial charge in [0.1, 0.15) is 61.6 Å². The van der Waals surface area contributed by atoms with Gasteiger partial charge in [0.25, 0.3) is 0 Å². The van der Waals surface area contributed by atoms with Crippen LogP contribution in [0.5, 0.6) is 23.0 Å². The minimum absolute atomic E-state index is 0.0970. The van der Waals surface area contributed by atoms with Crippen molar-refractivity contribution in [2.45, 2.75) is 86.4 Å². The Bertz CT molecular complexity index is 2750. The van der Waals surface area contributed by atoms with Crippen molar-refractivity contribution < 1.29 is 34.0 Å². The standard InChI is InChI=1S/C52H50Cl2N4O7/c1-6-39-17-46(53)50(19-48(39)62-27-37-15-35(21-55)23-57-25-37)64-29-41-9-7-11-43(32(41)3)44-12-8-10-42(33(44)4)30-65-51-20-49(63-28-38-16-36(22-56)24-58-26-38)40(18-47(51)54)13-14-45(52(60)61)31(2)34(5)59/h7-12,15-20,23-26,31,34,45,59H,6,13-14,27-30H2,1-5H3,(H,60,61)/t31-,34-,45-/m0/s1. The normalized spacial score (nSPS) is 12.3. The van der Waals surface area contributed by atoms with Crippen LogP contribution in [0.4, 0.5) is 0 Å². The van der Waals surface area contributed by atoms with Gasteiger partial charge in [-0.05, 0) is 115 Å². The van der Waals surface area contributed by atoms with Crippen LogP contribution in [0, 0.1) is 48.3 Å². The number of aliphatic hydroxyl groups excluding tert-OH is 1. The van der Waals surface area contributed by atoms with Crippen molar-refractivity contribution in [2.24, 2.45) is 11.8 Å². The number of hydrogen-bond donors (Lipinski definition) is 2. The Morgan fingerprint density at radius 2 is 1.12 bits per heavy atom. The van der Waals surface area contributed by atoms with Crippen LogP contribution in [0.1, 0.15) is 82.8 Å². The number of carbonyl (C=O) groups is 1. The molecule has 0 fully saturated rings. The molecule has 0 radical (unpaired) electrons. The lowest BCUT2D eigenvalue weighted by atomic mass is 9.85. The van der Waals surface area contributed by atoms with Crippen LogP contribution in [-0.2, 0) is 44.1 Å². The quantitative estimate of drug-likeness (QED) is 0.0748. The first kappa shape index (κ1) is 47.8. The topological polar surface area (TPSA) is 168 Å². The van der Waals surface area contributed by atoms with Gasteiger partial charge in [0.05, 0.1) is 33.2 Å². The number of aromatic nitrogens is 2. The molecule has 0 aliphatic rings. The summed E-state index contributed by atoms with van der Waals surface area (Å²) in [5, 5.41) is 39.6. The van der Waals surface area contributed by atoms with Gasteiger partial charge in [-0.25, -0.2) is 0 Å². The third-order valence-electron chi connectivity index (χ3n) is 11.6. The summed E-state index contributed by atoms with van der Waals surface area (Å²) in [6.07, 6.45) is 6.73. The molecule has 334 valence electrons. The average Bonchev–Trinajstić information content (AvgIpc) is 3.30. The zero-order chi connectivity index (χ0) is 46.6. The van der Waals surface area contributed by atoms with Gasteiger partial charge < -0.3 is 29.2 Å². The highest BCUT2D eigenvalue weighted by Crippen LogP contribution is 2.38. The molecule has 0 aliphatic carbocycles. The third-order valence-corrected chi connectivity index (χ3v) is 12.2. The second kappa shape index (κ2) is 22.3. The van der Waals surface area contributed by atoms with E-state index in [1.54, 1.807) is 50.5 Å². The van der Waals surface area contributed by atoms with Crippen molar-refractivity contribution in [1.29, 1.82) is 10.5 Å². The second-order valence-electron chi connectivity index (χ2n) is 15.9. The van der Waals surface area contributed by atoms with E-state index in [4.69, 9.17) is 42.1 Å². The Morgan fingerprint density at radius 1 is 0.662 bits per heavy atom. The Hall–Kier alpha value is -6.63. The summed E-state index contributed by atoms with van der Waals surface area (Å²) in [5.74, 6) is -0.297. The van der Waals surface area contributed by atoms with Crippen LogP contribution in [0.15, 0.2) is 97.6 Å². The molecule has 13 heteroatoms. The zero-order valence-electron chi connectivity index (χ0n) is 36.9. The number of carboxylic acid groups (broad SMARTS) is 1. The SMILES string of the molecule is CCc1cc(Cl)c(OCc2cccc(-c3cccc(COc4cc(OCc5cncc(C#N)c5)c(CC[C@H](C(=O)O)[C@@H](C)[C@H](C)O)cc4Cl)c3C)c2C)cc1OCc1cncc(C#N)c1. The molecule has 3 atom stereocenters. The molecule has 0 saturated heterocycles. The van der Waals surface area contributed by atoms with Crippen LogP contribution in [0.25, 0.3) is 11.1 Å². The summed E-state index contributed by atoms with van der Waals surface area (Å²) in [5.41, 5.74) is 9.96. The van der Waals surface area contributed by atoms with Gasteiger partial charge >= 0.3 is 5.97 Å². The summed E-state index contributed by atoms with van der Waals surface area (Å²) < 4.78 is 25.2. The fraction of sp³-hybridized carbons (Fsp3) is 0.288. The number of aryl methyl sites for hydroxylation is 2. The van der Waals surface area contributed by atoms with Crippen molar-refractivity contribution in [3.63, 3.8) is 0 Å². The number of aliphatic carboxylic acids is 1. The third kappa shape index (κ3) is 12.1. The number of carboxylic acids is 1. The summed E-state index contributed by atoms with van der Waals surface area (Å²) >= 11 is 13.6. The van der Waals surface area contributed by atoms with E-state index in [2.05, 4.69) is 48.1 Å². The molecule has 0 spiro atoms. The number of nitrogens with zero attached hydrogens (tertiary/aromatic N) is 4. The molecule has 2 aromatic heterocycles. The van der Waals surface area contributed by atoms with E-state index in [9.17, 15) is 25.5 Å². The van der Waals surface area contributed by atoms with Crippen LogP contribution in [0.2, 0.25) is 10.0 Å². The number of rotatable bonds is 20. The van der Waals surface area contributed by atoms with Crippen molar-refractivity contribution in [2.75, 3.05) is 0 Å². The molecule has 0 bridgehead atoms. The van der Waals surface area contributed by atoms with Crippen LogP contribution in [-0.4, -0.2) is 32.3 Å². The van der Waals surface area contributed by atoms with E-state index in [1.165, 1.54) is 12.4 Å². The average molecular weight is 914 g/mol. The van der Waals surface area contributed by atoms with E-state index in [1.807, 2.05) is 43.3 Å². The highest BCUT2D eigenvalue weighted by atomic mass is 35.5. The van der Waals surface area contributed by atoms with E-state index >= 15 is 0 Å². The van der Waals surface area contributed by atoms with Gasteiger partial charge in [0.15, 0.2) is 0 Å². The van der Waals surface area contributed by atoms with Crippen molar-refractivity contribution in [3.8, 4) is 46.3 Å². The van der Waals surface area contributed by atoms with E-state index < -0.39 is 23.9 Å². The van der Waals surface area contributed by atoms with Gasteiger partial charge in [-0.1, -0.05) is 73.4 Å². The number of halogens is 2. The summed E-state index contributed by atoms with van der Waals surface area (Å²) in [6, 6.07) is 26.9. The maximum absolute atomic E-state index is 12.2. The molecule has 0 unspecified atom stereocenters. The molecule has 6 rings (SSSR count). The summed E-state index contributed by atoms with van der Waals surface area (Å²) in [6.45, 7) is 10.2. The van der Waals surface area contributed by atoms with Crippen molar-refractivity contribution in [1.82, 2.24) is 9.97 Å². The Kier molecular flexibility index (Phi) is 16.4. The van der Waals surface area contributed by atoms with Gasteiger partial charge in [-0.2, -0.15) is 10.5 Å². The first-order valence-electron chi connectivity index (χ1n) is 21.2. The molecule has 0 saturated carbocycles. The minimum atomic E-state index is -0.988. The number of pyridine rings is 2. The molecule has 0 aliphatic heterocycles. The first-order valence-corrected chi connectivity index (χ1v) is 22.0. The number of ether oxygens (including phenoxy) is 4. The van der Waals surface area contributed by atoms with Crippen molar-refractivity contribution >= 4 is 29.2 Å². The van der Waals surface area contributed by atoms with Crippen molar-refractivity contribution in [3.05, 3.63) is 163 Å². The lowest BCUT2D eigenvalue weighted by molar-refractivity contribution is -0.145. The number of hydrogen-bond acceptors (Lipinski definition) is 10. The monoisotopic (exact) mass is 912 g/mol. The fourth-order valence-electron chi connectivity index (χ4n) is 7.52. The van der Waals surface area contributed by atoms with E-state index in [-0.39, 0.29) is 32.8 Å². The van der Waals surface area contributed by atoms with Gasteiger partial charge in [0.2, 0.25) is 0 Å². The number of nitriles is 2. The Labute approximate surface area is 389 Å². The molecular formula is C52H50Cl2N4O7. The maximum Gasteiger partial charge on any atom is 0.306 e. The largest absolute Gasteiger partial charge is 0.488 e. The predicted molar refractivity (Wildman–Crippen MR) is 249 cm³/mol. The first-order chi connectivity index (χ1) is 31.3. The zero-order valence-corrected chi connectivity index (χ0v) is 38.4. The minimum Gasteiger partial charge on any atom is -0.488 e. The molecule has 0 amide bonds. The second-order valence-corrected chi connectivity index (χ2v) is 16.8. The maximum atomic E-state index is 12.2. The van der Waals surface area contributed by atoms with E-state index in [0.717, 1.165) is 44.5 Å². The smallest absolute Gasteiger partial charge is 0.306 e. The van der Waals surface area contributed by atoms with Crippen LogP contribution < -0.4 is 18.9 Å². The van der Waals surface area contributed by atoms with Gasteiger partial charge in [-0.15, -0.1) is 0 Å². The highest BCUT2D eigenvalue weighted by molar-refractivity contribution is 6.32. The molecule has 11 nitrogen and oxygen atoms in total. The molecule has 65 heavy (non-hydrogen) atoms. The van der Waals surface area contributed by atoms with Gasteiger partial charge in [0, 0.05) is 48.0 Å². The molecule has 2 heterocycles. The number of benzene rings is 4. The molecule has 6 aromatic rings. The fourth-order valence-corrected chi connectivity index (χ4v) is 8.01. The molecule has 4 aromatic carbocycles. The van der Waals surface area contributed by atoms with Crippen LogP contribution >= 0.6 is 23.2 Å². The predicted octanol–water partition coefficient (Wildman–Crippen LogP) is 11.3. The Balaban J connectivity index is 1.20. The highest BCUT2D eigenvalue weighted by Gasteiger charge is 2.28. The lowest BCUT2D eigenvalue weighted by Gasteiger charge is -2.23. The summed E-state index contributed by atoms with van der Waals surface area (Å²) in [4.78, 5) is 20.5. The lowest BCUT2D eigenvalue weighted by Crippen LogP contribution is -2.29. The Morgan fingerprint density at radius 3 is 1.57 bits per heavy atom. The van der Waals surface area contributed by atoms with E-state index in [0.29, 0.717) is 68.1 Å². The molecular weight excluding hydrogens is 863 g/mol.